The van der Waals surface area contributed by atoms with Gasteiger partial charge in [0.05, 0.1) is 6.20 Å². The molecule has 2 N–H and O–H groups in total. The predicted octanol–water partition coefficient (Wildman–Crippen LogP) is 3.94. The molecular formula is C20H24N4O. The molecule has 0 spiro atoms. The standard InChI is InChI=1S/C20H24N4O/c1-20(2,3)19-23-22-18-11-8-13(12-24(18)19)25-17-10-9-16(21)14-6-4-5-7-15(14)17/h4-8,11-12,16-17H,9-10,21H2,1-3H3/t16-,17+/m0/s1. The van der Waals surface area contributed by atoms with Crippen LogP contribution in [-0.2, 0) is 5.41 Å². The smallest absolute Gasteiger partial charge is 0.161 e. The number of nitrogens with zero attached hydrogens (tertiary/aromatic N) is 3. The highest BCUT2D eigenvalue weighted by molar-refractivity contribution is 5.43. The second kappa shape index (κ2) is 5.85. The van der Waals surface area contributed by atoms with E-state index in [1.807, 2.05) is 34.9 Å². The lowest BCUT2D eigenvalue weighted by molar-refractivity contribution is 0.176. The van der Waals surface area contributed by atoms with Gasteiger partial charge < -0.3 is 10.5 Å². The Labute approximate surface area is 147 Å². The third-order valence-corrected chi connectivity index (χ3v) is 4.81. The van der Waals surface area contributed by atoms with Crippen LogP contribution in [0.25, 0.3) is 5.65 Å². The van der Waals surface area contributed by atoms with Crippen molar-refractivity contribution in [3.63, 3.8) is 0 Å². The molecule has 0 bridgehead atoms. The van der Waals surface area contributed by atoms with E-state index in [-0.39, 0.29) is 17.6 Å². The van der Waals surface area contributed by atoms with Crippen LogP contribution >= 0.6 is 0 Å². The lowest BCUT2D eigenvalue weighted by Crippen LogP contribution is -2.23. The van der Waals surface area contributed by atoms with Crippen molar-refractivity contribution in [3.05, 3.63) is 59.5 Å². The predicted molar refractivity (Wildman–Crippen MR) is 97.7 cm³/mol. The number of benzene rings is 1. The highest BCUT2D eigenvalue weighted by Crippen LogP contribution is 2.37. The molecule has 3 aromatic rings. The van der Waals surface area contributed by atoms with Gasteiger partial charge in [0.15, 0.2) is 5.65 Å². The molecule has 0 fully saturated rings. The maximum atomic E-state index is 6.34. The van der Waals surface area contributed by atoms with Crippen molar-refractivity contribution >= 4 is 5.65 Å². The number of hydrogen-bond acceptors (Lipinski definition) is 4. The van der Waals surface area contributed by atoms with Gasteiger partial charge in [-0.05, 0) is 36.1 Å². The average molecular weight is 336 g/mol. The van der Waals surface area contributed by atoms with Crippen molar-refractivity contribution in [3.8, 4) is 5.75 Å². The molecule has 25 heavy (non-hydrogen) atoms. The van der Waals surface area contributed by atoms with Crippen molar-refractivity contribution in [1.29, 1.82) is 0 Å². The van der Waals surface area contributed by atoms with E-state index in [0.29, 0.717) is 0 Å². The lowest BCUT2D eigenvalue weighted by atomic mass is 9.86. The Morgan fingerprint density at radius 3 is 2.56 bits per heavy atom. The summed E-state index contributed by atoms with van der Waals surface area (Å²) in [4.78, 5) is 0. The molecule has 4 rings (SSSR count). The monoisotopic (exact) mass is 336 g/mol. The van der Waals surface area contributed by atoms with Crippen molar-refractivity contribution in [2.24, 2.45) is 5.73 Å². The zero-order valence-corrected chi connectivity index (χ0v) is 14.9. The van der Waals surface area contributed by atoms with Gasteiger partial charge in [-0.2, -0.15) is 0 Å². The first kappa shape index (κ1) is 16.1. The van der Waals surface area contributed by atoms with Crippen molar-refractivity contribution < 1.29 is 4.74 Å². The molecule has 0 radical (unpaired) electrons. The Hall–Kier alpha value is -2.40. The molecule has 2 heterocycles. The molecule has 5 nitrogen and oxygen atoms in total. The molecule has 0 aliphatic heterocycles. The molecule has 5 heteroatoms. The maximum Gasteiger partial charge on any atom is 0.161 e. The first-order valence-electron chi connectivity index (χ1n) is 8.80. The molecule has 0 amide bonds. The van der Waals surface area contributed by atoms with Crippen LogP contribution in [0.1, 0.15) is 62.7 Å². The number of hydrogen-bond donors (Lipinski definition) is 1. The number of aromatic nitrogens is 3. The van der Waals surface area contributed by atoms with Crippen LogP contribution in [0.4, 0.5) is 0 Å². The number of rotatable bonds is 2. The molecule has 1 aliphatic carbocycles. The fourth-order valence-corrected chi connectivity index (χ4v) is 3.52. The van der Waals surface area contributed by atoms with Gasteiger partial charge in [-0.15, -0.1) is 10.2 Å². The van der Waals surface area contributed by atoms with Crippen LogP contribution in [-0.4, -0.2) is 14.6 Å². The fourth-order valence-electron chi connectivity index (χ4n) is 3.52. The minimum atomic E-state index is -0.0811. The van der Waals surface area contributed by atoms with Crippen molar-refractivity contribution in [1.82, 2.24) is 14.6 Å². The Balaban J connectivity index is 1.69. The summed E-state index contributed by atoms with van der Waals surface area (Å²) in [5.41, 5.74) is 9.40. The Bertz CT molecular complexity index is 909. The van der Waals surface area contributed by atoms with E-state index in [4.69, 9.17) is 10.5 Å². The van der Waals surface area contributed by atoms with E-state index >= 15 is 0 Å². The molecule has 1 aromatic carbocycles. The number of ether oxygens (including phenoxy) is 1. The van der Waals surface area contributed by atoms with Crippen LogP contribution in [0.3, 0.4) is 0 Å². The second-order valence-electron chi connectivity index (χ2n) is 7.79. The quantitative estimate of drug-likeness (QED) is 0.770. The van der Waals surface area contributed by atoms with Crippen LogP contribution in [0.2, 0.25) is 0 Å². The third kappa shape index (κ3) is 2.89. The molecular weight excluding hydrogens is 312 g/mol. The third-order valence-electron chi connectivity index (χ3n) is 4.81. The SMILES string of the molecule is CC(C)(C)c1nnc2ccc(O[C@@H]3CC[C@H](N)c4ccccc43)cn12. The van der Waals surface area contributed by atoms with Gasteiger partial charge >= 0.3 is 0 Å². The summed E-state index contributed by atoms with van der Waals surface area (Å²) in [5.74, 6) is 1.76. The summed E-state index contributed by atoms with van der Waals surface area (Å²) >= 11 is 0. The number of pyridine rings is 1. The van der Waals surface area contributed by atoms with Gasteiger partial charge in [-0.3, -0.25) is 4.40 Å². The van der Waals surface area contributed by atoms with Crippen LogP contribution in [0.5, 0.6) is 5.75 Å². The van der Waals surface area contributed by atoms with Gasteiger partial charge in [0.25, 0.3) is 0 Å². The topological polar surface area (TPSA) is 65.4 Å². The molecule has 130 valence electrons. The van der Waals surface area contributed by atoms with Crippen molar-refractivity contribution in [2.45, 2.75) is 51.2 Å². The Morgan fingerprint density at radius 2 is 1.80 bits per heavy atom. The molecule has 0 saturated carbocycles. The number of fused-ring (bicyclic) bond motifs is 2. The van der Waals surface area contributed by atoms with E-state index in [0.717, 1.165) is 30.1 Å². The summed E-state index contributed by atoms with van der Waals surface area (Å²) in [6.45, 7) is 6.40. The molecule has 0 unspecified atom stereocenters. The van der Waals surface area contributed by atoms with E-state index in [1.54, 1.807) is 0 Å². The Kier molecular flexibility index (Phi) is 3.76. The van der Waals surface area contributed by atoms with Gasteiger partial charge in [-0.1, -0.05) is 45.0 Å². The summed E-state index contributed by atoms with van der Waals surface area (Å²) in [6, 6.07) is 12.3. The largest absolute Gasteiger partial charge is 0.484 e. The molecule has 1 aliphatic rings. The fraction of sp³-hybridized carbons (Fsp3) is 0.400. The lowest BCUT2D eigenvalue weighted by Gasteiger charge is -2.30. The molecule has 2 atom stereocenters. The van der Waals surface area contributed by atoms with Gasteiger partial charge in [0.2, 0.25) is 0 Å². The van der Waals surface area contributed by atoms with Gasteiger partial charge in [-0.25, -0.2) is 0 Å². The zero-order valence-electron chi connectivity index (χ0n) is 14.9. The minimum absolute atomic E-state index is 0.0306. The van der Waals surface area contributed by atoms with Crippen LogP contribution in [0, 0.1) is 0 Å². The summed E-state index contributed by atoms with van der Waals surface area (Å²) in [7, 11) is 0. The summed E-state index contributed by atoms with van der Waals surface area (Å²) in [6.07, 6.45) is 3.88. The van der Waals surface area contributed by atoms with Gasteiger partial charge in [0, 0.05) is 11.5 Å². The van der Waals surface area contributed by atoms with Crippen LogP contribution < -0.4 is 10.5 Å². The Morgan fingerprint density at radius 1 is 1.04 bits per heavy atom. The van der Waals surface area contributed by atoms with Crippen molar-refractivity contribution in [2.75, 3.05) is 0 Å². The average Bonchev–Trinajstić information content (AvgIpc) is 3.01. The van der Waals surface area contributed by atoms with Gasteiger partial charge in [0.1, 0.15) is 17.7 Å². The molecule has 2 aromatic heterocycles. The summed E-state index contributed by atoms with van der Waals surface area (Å²) < 4.78 is 8.37. The zero-order chi connectivity index (χ0) is 17.6. The van der Waals surface area contributed by atoms with E-state index in [1.165, 1.54) is 11.1 Å². The van der Waals surface area contributed by atoms with E-state index in [2.05, 4.69) is 43.1 Å². The normalized spacial score (nSPS) is 20.5. The number of nitrogens with two attached hydrogens (primary N) is 1. The second-order valence-corrected chi connectivity index (χ2v) is 7.79. The minimum Gasteiger partial charge on any atom is -0.484 e. The first-order valence-corrected chi connectivity index (χ1v) is 8.80. The highest BCUT2D eigenvalue weighted by atomic mass is 16.5. The maximum absolute atomic E-state index is 6.34. The summed E-state index contributed by atoms with van der Waals surface area (Å²) in [5, 5.41) is 8.60. The highest BCUT2D eigenvalue weighted by Gasteiger charge is 2.26. The molecule has 0 saturated heterocycles. The first-order chi connectivity index (χ1) is 11.9. The van der Waals surface area contributed by atoms with E-state index < -0.39 is 0 Å². The van der Waals surface area contributed by atoms with Crippen LogP contribution in [0.15, 0.2) is 42.6 Å². The van der Waals surface area contributed by atoms with E-state index in [9.17, 15) is 0 Å².